The summed E-state index contributed by atoms with van der Waals surface area (Å²) < 4.78 is 2.81. The van der Waals surface area contributed by atoms with Gasteiger partial charge in [0.05, 0.1) is 0 Å². The summed E-state index contributed by atoms with van der Waals surface area (Å²) >= 11 is 7.85. The molecule has 1 aromatic carbocycles. The van der Waals surface area contributed by atoms with Gasteiger partial charge >= 0.3 is 0 Å². The number of benzene rings is 1. The third-order valence-electron chi connectivity index (χ3n) is 2.41. The third kappa shape index (κ3) is 1.74. The van der Waals surface area contributed by atoms with Crippen molar-refractivity contribution in [1.29, 1.82) is 0 Å². The van der Waals surface area contributed by atoms with E-state index in [4.69, 9.17) is 0 Å². The molecule has 0 bridgehead atoms. The zero-order valence-corrected chi connectivity index (χ0v) is 12.4. The lowest BCUT2D eigenvalue weighted by Gasteiger charge is -2.08. The summed E-state index contributed by atoms with van der Waals surface area (Å²) in [6.45, 7) is 2.22. The summed E-state index contributed by atoms with van der Waals surface area (Å²) in [5.74, 6) is 0. The minimum absolute atomic E-state index is 0.959. The van der Waals surface area contributed by atoms with Crippen LogP contribution in [0.5, 0.6) is 0 Å². The van der Waals surface area contributed by atoms with Gasteiger partial charge in [0.2, 0.25) is 0 Å². The van der Waals surface area contributed by atoms with E-state index < -0.39 is 0 Å². The Kier molecular flexibility index (Phi) is 3.50. The standard InChI is InChI=1S/C11H10BrIS/c1-2-7-5-10(13)11-8(3-4-14-11)9(7)6-12/h3-5H,2,6H2,1H3. The van der Waals surface area contributed by atoms with Crippen LogP contribution in [-0.4, -0.2) is 0 Å². The quantitative estimate of drug-likeness (QED) is 0.510. The molecule has 1 aromatic heterocycles. The van der Waals surface area contributed by atoms with Gasteiger partial charge in [-0.05, 0) is 63.0 Å². The second-order valence-electron chi connectivity index (χ2n) is 3.15. The Morgan fingerprint density at radius 1 is 1.50 bits per heavy atom. The highest BCUT2D eigenvalue weighted by molar-refractivity contribution is 14.1. The SMILES string of the molecule is CCc1cc(I)c2sccc2c1CBr. The van der Waals surface area contributed by atoms with E-state index in [0.717, 1.165) is 11.8 Å². The number of rotatable bonds is 2. The van der Waals surface area contributed by atoms with Crippen LogP contribution in [-0.2, 0) is 11.8 Å². The number of fused-ring (bicyclic) bond motifs is 1. The van der Waals surface area contributed by atoms with Crippen LogP contribution in [0.2, 0.25) is 0 Å². The lowest BCUT2D eigenvalue weighted by molar-refractivity contribution is 1.11. The van der Waals surface area contributed by atoms with Crippen molar-refractivity contribution in [2.75, 3.05) is 0 Å². The van der Waals surface area contributed by atoms with Gasteiger partial charge in [0.15, 0.2) is 0 Å². The fraction of sp³-hybridized carbons (Fsp3) is 0.273. The highest BCUT2D eigenvalue weighted by Gasteiger charge is 2.09. The van der Waals surface area contributed by atoms with Gasteiger partial charge in [0.25, 0.3) is 0 Å². The summed E-state index contributed by atoms with van der Waals surface area (Å²) in [7, 11) is 0. The van der Waals surface area contributed by atoms with Crippen molar-refractivity contribution in [2.45, 2.75) is 18.7 Å². The Morgan fingerprint density at radius 3 is 2.93 bits per heavy atom. The zero-order chi connectivity index (χ0) is 10.1. The molecule has 74 valence electrons. The van der Waals surface area contributed by atoms with Crippen molar-refractivity contribution in [3.05, 3.63) is 32.2 Å². The number of hydrogen-bond acceptors (Lipinski definition) is 1. The minimum atomic E-state index is 0.959. The molecule has 0 fully saturated rings. The number of halogens is 2. The van der Waals surface area contributed by atoms with Gasteiger partial charge in [0.1, 0.15) is 0 Å². The van der Waals surface area contributed by atoms with Crippen LogP contribution in [0.25, 0.3) is 10.1 Å². The van der Waals surface area contributed by atoms with Crippen LogP contribution in [0.3, 0.4) is 0 Å². The molecule has 0 spiro atoms. The Balaban J connectivity index is 2.82. The van der Waals surface area contributed by atoms with Crippen LogP contribution in [0.15, 0.2) is 17.5 Å². The first-order valence-electron chi connectivity index (χ1n) is 4.51. The fourth-order valence-corrected chi connectivity index (χ4v) is 4.22. The Morgan fingerprint density at radius 2 is 2.29 bits per heavy atom. The molecular formula is C11H10BrIS. The van der Waals surface area contributed by atoms with Gasteiger partial charge in [-0.2, -0.15) is 0 Å². The molecule has 0 saturated carbocycles. The van der Waals surface area contributed by atoms with Crippen LogP contribution in [0.4, 0.5) is 0 Å². The molecule has 1 heterocycles. The molecule has 0 saturated heterocycles. The van der Waals surface area contributed by atoms with Gasteiger partial charge < -0.3 is 0 Å². The molecule has 3 heteroatoms. The lowest BCUT2D eigenvalue weighted by atomic mass is 10.0. The Bertz CT molecular complexity index is 462. The topological polar surface area (TPSA) is 0 Å². The molecular weight excluding hydrogens is 371 g/mol. The van der Waals surface area contributed by atoms with Crippen molar-refractivity contribution < 1.29 is 0 Å². The second-order valence-corrected chi connectivity index (χ2v) is 5.79. The van der Waals surface area contributed by atoms with Crippen LogP contribution >= 0.6 is 49.9 Å². The molecule has 0 unspecified atom stereocenters. The summed E-state index contributed by atoms with van der Waals surface area (Å²) in [5, 5.41) is 4.56. The number of thiophene rings is 1. The largest absolute Gasteiger partial charge is 0.143 e. The van der Waals surface area contributed by atoms with E-state index >= 15 is 0 Å². The lowest BCUT2D eigenvalue weighted by Crippen LogP contribution is -1.91. The summed E-state index contributed by atoms with van der Waals surface area (Å²) in [4.78, 5) is 0. The number of hydrogen-bond donors (Lipinski definition) is 0. The molecule has 14 heavy (non-hydrogen) atoms. The second kappa shape index (κ2) is 4.49. The Labute approximate surface area is 110 Å². The maximum atomic E-state index is 3.58. The first kappa shape index (κ1) is 10.9. The average molecular weight is 381 g/mol. The van der Waals surface area contributed by atoms with E-state index in [9.17, 15) is 0 Å². The predicted octanol–water partition coefficient (Wildman–Crippen LogP) is 4.96. The van der Waals surface area contributed by atoms with Crippen molar-refractivity contribution in [2.24, 2.45) is 0 Å². The van der Waals surface area contributed by atoms with Gasteiger partial charge in [0, 0.05) is 13.6 Å². The minimum Gasteiger partial charge on any atom is -0.143 e. The van der Waals surface area contributed by atoms with Gasteiger partial charge in [-0.3, -0.25) is 0 Å². The molecule has 0 N–H and O–H groups in total. The van der Waals surface area contributed by atoms with E-state index in [1.54, 1.807) is 0 Å². The van der Waals surface area contributed by atoms with Crippen molar-refractivity contribution >= 4 is 59.9 Å². The molecule has 0 aliphatic rings. The highest BCUT2D eigenvalue weighted by atomic mass is 127. The maximum absolute atomic E-state index is 3.58. The highest BCUT2D eigenvalue weighted by Crippen LogP contribution is 2.33. The first-order chi connectivity index (χ1) is 6.77. The van der Waals surface area contributed by atoms with Crippen molar-refractivity contribution in [3.8, 4) is 0 Å². The number of alkyl halides is 1. The van der Waals surface area contributed by atoms with E-state index in [-0.39, 0.29) is 0 Å². The normalized spacial score (nSPS) is 11.1. The molecule has 0 aliphatic heterocycles. The predicted molar refractivity (Wildman–Crippen MR) is 76.6 cm³/mol. The molecule has 0 atom stereocenters. The molecule has 0 amide bonds. The van der Waals surface area contributed by atoms with Gasteiger partial charge in [-0.1, -0.05) is 22.9 Å². The molecule has 0 aliphatic carbocycles. The van der Waals surface area contributed by atoms with Gasteiger partial charge in [-0.25, -0.2) is 0 Å². The first-order valence-corrected chi connectivity index (χ1v) is 7.59. The molecule has 2 rings (SSSR count). The van der Waals surface area contributed by atoms with E-state index in [2.05, 4.69) is 63.0 Å². The maximum Gasteiger partial charge on any atom is 0.0479 e. The monoisotopic (exact) mass is 380 g/mol. The van der Waals surface area contributed by atoms with Crippen LogP contribution < -0.4 is 0 Å². The molecule has 2 aromatic rings. The molecule has 0 nitrogen and oxygen atoms in total. The average Bonchev–Trinajstić information content (AvgIpc) is 2.66. The third-order valence-corrected chi connectivity index (χ3v) is 5.14. The van der Waals surface area contributed by atoms with Crippen LogP contribution in [0, 0.1) is 3.57 Å². The van der Waals surface area contributed by atoms with E-state index in [1.165, 1.54) is 24.8 Å². The van der Waals surface area contributed by atoms with E-state index in [1.807, 2.05) is 11.3 Å². The summed E-state index contributed by atoms with van der Waals surface area (Å²) in [6.07, 6.45) is 1.11. The smallest absolute Gasteiger partial charge is 0.0479 e. The molecule has 0 radical (unpaired) electrons. The van der Waals surface area contributed by atoms with Gasteiger partial charge in [-0.15, -0.1) is 11.3 Å². The Hall–Kier alpha value is 0.390. The van der Waals surface area contributed by atoms with Crippen LogP contribution in [0.1, 0.15) is 18.1 Å². The summed E-state index contributed by atoms with van der Waals surface area (Å²) in [5.41, 5.74) is 2.93. The zero-order valence-electron chi connectivity index (χ0n) is 7.81. The fourth-order valence-electron chi connectivity index (χ4n) is 1.68. The van der Waals surface area contributed by atoms with Crippen molar-refractivity contribution in [1.82, 2.24) is 0 Å². The summed E-state index contributed by atoms with van der Waals surface area (Å²) in [6, 6.07) is 4.55. The number of aryl methyl sites for hydroxylation is 1. The van der Waals surface area contributed by atoms with Crippen molar-refractivity contribution in [3.63, 3.8) is 0 Å². The van der Waals surface area contributed by atoms with E-state index in [0.29, 0.717) is 0 Å².